The molecule has 2 aromatic rings. The van der Waals surface area contributed by atoms with E-state index in [9.17, 15) is 14.4 Å². The van der Waals surface area contributed by atoms with E-state index < -0.39 is 0 Å². The highest BCUT2D eigenvalue weighted by Gasteiger charge is 2.13. The fourth-order valence-electron chi connectivity index (χ4n) is 1.78. The van der Waals surface area contributed by atoms with Crippen molar-refractivity contribution in [3.63, 3.8) is 0 Å². The zero-order valence-electron chi connectivity index (χ0n) is 9.93. The number of imidazole rings is 1. The Kier molecular flexibility index (Phi) is 2.93. The number of amides is 1. The van der Waals surface area contributed by atoms with Crippen LogP contribution in [0.4, 0.5) is 5.69 Å². The molecule has 0 aliphatic rings. The highest BCUT2D eigenvalue weighted by molar-refractivity contribution is 6.05. The van der Waals surface area contributed by atoms with Crippen LogP contribution in [0.3, 0.4) is 0 Å². The fourth-order valence-corrected chi connectivity index (χ4v) is 1.78. The summed E-state index contributed by atoms with van der Waals surface area (Å²) in [6.07, 6.45) is 1.88. The molecule has 0 aliphatic heterocycles. The van der Waals surface area contributed by atoms with Gasteiger partial charge in [0.1, 0.15) is 6.33 Å². The van der Waals surface area contributed by atoms with Crippen LogP contribution >= 0.6 is 0 Å². The van der Waals surface area contributed by atoms with Crippen molar-refractivity contribution >= 4 is 34.8 Å². The quantitative estimate of drug-likeness (QED) is 0.655. The van der Waals surface area contributed by atoms with E-state index in [-0.39, 0.29) is 11.7 Å². The molecule has 92 valence electrons. The molecule has 2 rings (SSSR count). The van der Waals surface area contributed by atoms with Gasteiger partial charge >= 0.3 is 0 Å². The summed E-state index contributed by atoms with van der Waals surface area (Å²) in [4.78, 5) is 37.4. The van der Waals surface area contributed by atoms with E-state index in [0.717, 1.165) is 0 Å². The Morgan fingerprint density at radius 3 is 2.61 bits per heavy atom. The number of anilines is 1. The van der Waals surface area contributed by atoms with Crippen LogP contribution in [0.5, 0.6) is 0 Å². The highest BCUT2D eigenvalue weighted by atomic mass is 16.2. The third-order valence-corrected chi connectivity index (χ3v) is 2.62. The van der Waals surface area contributed by atoms with E-state index >= 15 is 0 Å². The van der Waals surface area contributed by atoms with E-state index in [0.29, 0.717) is 28.7 Å². The molecule has 1 heterocycles. The normalized spacial score (nSPS) is 10.3. The molecule has 0 saturated heterocycles. The van der Waals surface area contributed by atoms with Crippen molar-refractivity contribution in [3.05, 3.63) is 24.0 Å². The lowest BCUT2D eigenvalue weighted by Crippen LogP contribution is -2.06. The summed E-state index contributed by atoms with van der Waals surface area (Å²) in [6, 6.07) is 3.12. The zero-order valence-corrected chi connectivity index (χ0v) is 9.93. The van der Waals surface area contributed by atoms with E-state index in [1.165, 1.54) is 24.7 Å². The molecule has 1 aromatic heterocycles. The number of benzene rings is 1. The van der Waals surface area contributed by atoms with Gasteiger partial charge in [-0.1, -0.05) is 0 Å². The summed E-state index contributed by atoms with van der Waals surface area (Å²) in [5.74, 6) is -0.372. The van der Waals surface area contributed by atoms with Crippen molar-refractivity contribution in [1.82, 2.24) is 9.55 Å². The van der Waals surface area contributed by atoms with Crippen LogP contribution < -0.4 is 5.32 Å². The van der Waals surface area contributed by atoms with Gasteiger partial charge in [-0.05, 0) is 19.1 Å². The third-order valence-electron chi connectivity index (χ3n) is 2.62. The third kappa shape index (κ3) is 1.88. The van der Waals surface area contributed by atoms with Gasteiger partial charge in [-0.15, -0.1) is 0 Å². The first-order valence-corrected chi connectivity index (χ1v) is 5.27. The lowest BCUT2D eigenvalue weighted by atomic mass is 10.1. The summed E-state index contributed by atoms with van der Waals surface area (Å²) >= 11 is 0. The molecular formula is C12H11N3O3. The highest BCUT2D eigenvalue weighted by Crippen LogP contribution is 2.23. The number of aromatic nitrogens is 2. The maximum absolute atomic E-state index is 11.5. The second-order valence-electron chi connectivity index (χ2n) is 3.84. The van der Waals surface area contributed by atoms with Crippen LogP contribution in [0.2, 0.25) is 0 Å². The van der Waals surface area contributed by atoms with Crippen LogP contribution in [0.25, 0.3) is 11.0 Å². The molecule has 0 saturated carbocycles. The van der Waals surface area contributed by atoms with Gasteiger partial charge in [-0.25, -0.2) is 4.98 Å². The molecule has 0 aliphatic carbocycles. The molecule has 0 spiro atoms. The molecule has 18 heavy (non-hydrogen) atoms. The summed E-state index contributed by atoms with van der Waals surface area (Å²) in [5.41, 5.74) is 1.82. The van der Waals surface area contributed by atoms with Gasteiger partial charge in [0.2, 0.25) is 12.3 Å². The Hall–Kier alpha value is -2.50. The van der Waals surface area contributed by atoms with E-state index in [1.54, 1.807) is 12.1 Å². The molecular weight excluding hydrogens is 234 g/mol. The maximum atomic E-state index is 11.5. The zero-order chi connectivity index (χ0) is 13.3. The molecule has 0 radical (unpaired) electrons. The van der Waals surface area contributed by atoms with Crippen LogP contribution in [0.1, 0.15) is 29.0 Å². The molecule has 0 unspecified atom stereocenters. The minimum absolute atomic E-state index is 0.182. The molecule has 0 atom stereocenters. The smallest absolute Gasteiger partial charge is 0.229 e. The van der Waals surface area contributed by atoms with Crippen LogP contribution in [-0.2, 0) is 4.79 Å². The largest absolute Gasteiger partial charge is 0.328 e. The number of carbonyl (C=O) groups is 3. The number of carbonyl (C=O) groups excluding carboxylic acids is 3. The standard InChI is InChI=1S/C12H11N3O3/c1-7(17)9-3-11-12(4-10(9)14-6-16)15(5-13-11)8(2)18/h3-6H,1-2H3,(H,14,16). The molecule has 6 heteroatoms. The first-order chi connectivity index (χ1) is 8.54. The monoisotopic (exact) mass is 245 g/mol. The Morgan fingerprint density at radius 1 is 1.33 bits per heavy atom. The van der Waals surface area contributed by atoms with E-state index in [4.69, 9.17) is 0 Å². The molecule has 0 bridgehead atoms. The summed E-state index contributed by atoms with van der Waals surface area (Å²) in [5, 5.41) is 2.45. The molecule has 1 amide bonds. The second-order valence-corrected chi connectivity index (χ2v) is 3.84. The minimum Gasteiger partial charge on any atom is -0.328 e. The van der Waals surface area contributed by atoms with Gasteiger partial charge in [0.15, 0.2) is 5.78 Å². The first-order valence-electron chi connectivity index (χ1n) is 5.27. The maximum Gasteiger partial charge on any atom is 0.229 e. The van der Waals surface area contributed by atoms with Crippen molar-refractivity contribution in [1.29, 1.82) is 0 Å². The Balaban J connectivity index is 2.74. The lowest BCUT2D eigenvalue weighted by molar-refractivity contribution is -0.105. The number of ketones is 1. The van der Waals surface area contributed by atoms with Gasteiger partial charge < -0.3 is 5.32 Å². The van der Waals surface area contributed by atoms with Crippen molar-refractivity contribution in [2.75, 3.05) is 5.32 Å². The van der Waals surface area contributed by atoms with Gasteiger partial charge in [-0.2, -0.15) is 0 Å². The van der Waals surface area contributed by atoms with Gasteiger partial charge in [0.05, 0.1) is 16.7 Å². The molecule has 6 nitrogen and oxygen atoms in total. The summed E-state index contributed by atoms with van der Waals surface area (Å²) in [6.45, 7) is 2.81. The molecule has 1 aromatic carbocycles. The number of rotatable bonds is 3. The van der Waals surface area contributed by atoms with Gasteiger partial charge in [-0.3, -0.25) is 19.0 Å². The molecule has 1 N–H and O–H groups in total. The number of Topliss-reactive ketones (excluding diaryl/α,β-unsaturated/α-hetero) is 1. The van der Waals surface area contributed by atoms with Crippen molar-refractivity contribution in [2.45, 2.75) is 13.8 Å². The number of nitrogens with one attached hydrogen (secondary N) is 1. The predicted molar refractivity (Wildman–Crippen MR) is 65.7 cm³/mol. The van der Waals surface area contributed by atoms with Crippen molar-refractivity contribution < 1.29 is 14.4 Å². The molecule has 0 fully saturated rings. The topological polar surface area (TPSA) is 81.1 Å². The first kappa shape index (κ1) is 12.0. The van der Waals surface area contributed by atoms with Crippen molar-refractivity contribution in [3.8, 4) is 0 Å². The van der Waals surface area contributed by atoms with Gasteiger partial charge in [0, 0.05) is 12.5 Å². The van der Waals surface area contributed by atoms with Crippen molar-refractivity contribution in [2.24, 2.45) is 0 Å². The van der Waals surface area contributed by atoms with E-state index in [2.05, 4.69) is 10.3 Å². The summed E-state index contributed by atoms with van der Waals surface area (Å²) in [7, 11) is 0. The fraction of sp³-hybridized carbons (Fsp3) is 0.167. The number of hydrogen-bond acceptors (Lipinski definition) is 4. The average molecular weight is 245 g/mol. The Labute approximate surface area is 103 Å². The average Bonchev–Trinajstić information content (AvgIpc) is 2.71. The lowest BCUT2D eigenvalue weighted by Gasteiger charge is -2.06. The van der Waals surface area contributed by atoms with Crippen LogP contribution in [-0.4, -0.2) is 27.7 Å². The predicted octanol–water partition coefficient (Wildman–Crippen LogP) is 1.47. The Bertz CT molecular complexity index is 658. The number of nitrogens with zero attached hydrogens (tertiary/aromatic N) is 2. The minimum atomic E-state index is -0.190. The Morgan fingerprint density at radius 2 is 2.06 bits per heavy atom. The summed E-state index contributed by atoms with van der Waals surface area (Å²) < 4.78 is 1.36. The number of hydrogen-bond donors (Lipinski definition) is 1. The van der Waals surface area contributed by atoms with Crippen LogP contribution in [0.15, 0.2) is 18.5 Å². The SMILES string of the molecule is CC(=O)c1cc2ncn(C(C)=O)c2cc1NC=O. The number of fused-ring (bicyclic) bond motifs is 1. The van der Waals surface area contributed by atoms with Gasteiger partial charge in [0.25, 0.3) is 0 Å². The van der Waals surface area contributed by atoms with E-state index in [1.807, 2.05) is 0 Å². The van der Waals surface area contributed by atoms with Crippen LogP contribution in [0, 0.1) is 0 Å². The second kappa shape index (κ2) is 4.40.